The monoisotopic (exact) mass is 394 g/mol. The second-order valence-corrected chi connectivity index (χ2v) is 9.42. The van der Waals surface area contributed by atoms with E-state index in [0.717, 1.165) is 25.4 Å². The summed E-state index contributed by atoms with van der Waals surface area (Å²) >= 11 is 0. The summed E-state index contributed by atoms with van der Waals surface area (Å²) in [6.45, 7) is 7.39. The number of nitrogens with one attached hydrogen (secondary N) is 1. The van der Waals surface area contributed by atoms with Crippen LogP contribution >= 0.6 is 0 Å². The van der Waals surface area contributed by atoms with Crippen LogP contribution in [0.5, 0.6) is 0 Å². The minimum Gasteiger partial charge on any atom is -0.352 e. The van der Waals surface area contributed by atoms with Gasteiger partial charge in [0.1, 0.15) is 6.54 Å². The van der Waals surface area contributed by atoms with Crippen LogP contribution in [0, 0.1) is 0 Å². The predicted molar refractivity (Wildman–Crippen MR) is 117 cm³/mol. The zero-order valence-electron chi connectivity index (χ0n) is 17.6. The fourth-order valence-corrected chi connectivity index (χ4v) is 5.76. The predicted octanol–water partition coefficient (Wildman–Crippen LogP) is 3.37. The summed E-state index contributed by atoms with van der Waals surface area (Å²) in [6, 6.07) is 10.3. The number of hydrogen-bond donors (Lipinski definition) is 1. The van der Waals surface area contributed by atoms with E-state index in [1.54, 1.807) is 0 Å². The highest BCUT2D eigenvalue weighted by atomic mass is 16.2. The second kappa shape index (κ2) is 8.11. The van der Waals surface area contributed by atoms with E-state index in [4.69, 9.17) is 0 Å². The van der Waals surface area contributed by atoms with Gasteiger partial charge in [0.25, 0.3) is 0 Å². The summed E-state index contributed by atoms with van der Waals surface area (Å²) in [5, 5.41) is 4.53. The van der Waals surface area contributed by atoms with Gasteiger partial charge in [-0.25, -0.2) is 0 Å². The minimum absolute atomic E-state index is 0.150. The van der Waals surface area contributed by atoms with Crippen molar-refractivity contribution in [3.63, 3.8) is 0 Å². The highest BCUT2D eigenvalue weighted by molar-refractivity contribution is 5.86. The van der Waals surface area contributed by atoms with Crippen LogP contribution in [-0.4, -0.2) is 58.0 Å². The SMILES string of the molecule is C[C@@H]1CN2CCCC2CN1Cc1cn(CC(=O)NC2CCCC2)c2ccccc12. The average molecular weight is 395 g/mol. The normalized spacial score (nSPS) is 26.2. The molecule has 5 nitrogen and oxygen atoms in total. The number of amides is 1. The number of aromatic nitrogens is 1. The number of rotatable bonds is 5. The molecule has 1 unspecified atom stereocenters. The summed E-state index contributed by atoms with van der Waals surface area (Å²) in [5.41, 5.74) is 2.53. The third kappa shape index (κ3) is 3.95. The van der Waals surface area contributed by atoms with Crippen molar-refractivity contribution in [2.75, 3.05) is 19.6 Å². The standard InChI is InChI=1S/C24H34N4O/c1-18-13-26-12-6-9-21(26)16-27(18)14-19-15-28(23-11-5-4-10-22(19)23)17-24(29)25-20-7-2-3-8-20/h4-5,10-11,15,18,20-21H,2-3,6-9,12-14,16-17H2,1H3,(H,25,29)/t18-,21?/m1/s1. The molecule has 2 atom stereocenters. The lowest BCUT2D eigenvalue weighted by molar-refractivity contribution is -0.122. The first kappa shape index (κ1) is 19.1. The molecule has 2 aromatic rings. The first-order valence-electron chi connectivity index (χ1n) is 11.5. The van der Waals surface area contributed by atoms with E-state index >= 15 is 0 Å². The number of fused-ring (bicyclic) bond motifs is 2. The van der Waals surface area contributed by atoms with Gasteiger partial charge in [-0.15, -0.1) is 0 Å². The lowest BCUT2D eigenvalue weighted by Gasteiger charge is -2.42. The van der Waals surface area contributed by atoms with Crippen molar-refractivity contribution in [3.8, 4) is 0 Å². The zero-order valence-corrected chi connectivity index (χ0v) is 17.6. The number of para-hydroxylation sites is 1. The fraction of sp³-hybridized carbons (Fsp3) is 0.625. The molecular formula is C24H34N4O. The maximum absolute atomic E-state index is 12.6. The van der Waals surface area contributed by atoms with E-state index in [-0.39, 0.29) is 5.91 Å². The highest BCUT2D eigenvalue weighted by Crippen LogP contribution is 2.28. The van der Waals surface area contributed by atoms with Gasteiger partial charge in [0.05, 0.1) is 0 Å². The molecule has 1 aromatic heterocycles. The van der Waals surface area contributed by atoms with Gasteiger partial charge < -0.3 is 9.88 Å². The van der Waals surface area contributed by atoms with Crippen molar-refractivity contribution in [1.29, 1.82) is 0 Å². The molecule has 0 radical (unpaired) electrons. The van der Waals surface area contributed by atoms with E-state index < -0.39 is 0 Å². The van der Waals surface area contributed by atoms with Crippen molar-refractivity contribution >= 4 is 16.8 Å². The number of benzene rings is 1. The molecule has 1 amide bonds. The van der Waals surface area contributed by atoms with Crippen LogP contribution in [0.3, 0.4) is 0 Å². The fourth-order valence-electron chi connectivity index (χ4n) is 5.76. The number of hydrogen-bond acceptors (Lipinski definition) is 3. The van der Waals surface area contributed by atoms with Gasteiger partial charge in [-0.1, -0.05) is 31.0 Å². The highest BCUT2D eigenvalue weighted by Gasteiger charge is 2.34. The van der Waals surface area contributed by atoms with Crippen molar-refractivity contribution in [2.24, 2.45) is 0 Å². The Balaban J connectivity index is 1.33. The van der Waals surface area contributed by atoms with Gasteiger partial charge in [0, 0.05) is 54.9 Å². The van der Waals surface area contributed by atoms with Crippen molar-refractivity contribution < 1.29 is 4.79 Å². The molecule has 3 heterocycles. The van der Waals surface area contributed by atoms with Crippen LogP contribution in [0.25, 0.3) is 10.9 Å². The third-order valence-electron chi connectivity index (χ3n) is 7.35. The largest absolute Gasteiger partial charge is 0.352 e. The van der Waals surface area contributed by atoms with Crippen LogP contribution in [0.1, 0.15) is 51.0 Å². The lowest BCUT2D eigenvalue weighted by atomic mass is 10.1. The molecule has 1 aromatic carbocycles. The summed E-state index contributed by atoms with van der Waals surface area (Å²) < 4.78 is 2.16. The lowest BCUT2D eigenvalue weighted by Crippen LogP contribution is -2.54. The minimum atomic E-state index is 0.150. The molecule has 0 bridgehead atoms. The molecule has 2 aliphatic heterocycles. The van der Waals surface area contributed by atoms with Crippen LogP contribution in [0.2, 0.25) is 0 Å². The van der Waals surface area contributed by atoms with Crippen LogP contribution in [-0.2, 0) is 17.9 Å². The number of piperazine rings is 1. The maximum Gasteiger partial charge on any atom is 0.240 e. The van der Waals surface area contributed by atoms with Crippen molar-refractivity contribution in [2.45, 2.75) is 76.7 Å². The van der Waals surface area contributed by atoms with E-state index in [2.05, 4.69) is 57.1 Å². The maximum atomic E-state index is 12.6. The van der Waals surface area contributed by atoms with Gasteiger partial charge in [-0.3, -0.25) is 14.6 Å². The van der Waals surface area contributed by atoms with Crippen molar-refractivity contribution in [1.82, 2.24) is 19.7 Å². The molecule has 1 saturated carbocycles. The Labute approximate surface area is 174 Å². The Morgan fingerprint density at radius 3 is 2.79 bits per heavy atom. The quantitative estimate of drug-likeness (QED) is 0.845. The van der Waals surface area contributed by atoms with E-state index in [1.807, 2.05) is 0 Å². The molecule has 0 spiro atoms. The number of carbonyl (C=O) groups excluding carboxylic acids is 1. The third-order valence-corrected chi connectivity index (χ3v) is 7.35. The molecular weight excluding hydrogens is 360 g/mol. The number of nitrogens with zero attached hydrogens (tertiary/aromatic N) is 3. The Bertz CT molecular complexity index is 869. The molecule has 156 valence electrons. The summed E-state index contributed by atoms with van der Waals surface area (Å²) in [4.78, 5) is 18.0. The van der Waals surface area contributed by atoms with Gasteiger partial charge >= 0.3 is 0 Å². The topological polar surface area (TPSA) is 40.5 Å². The van der Waals surface area contributed by atoms with Gasteiger partial charge in [-0.2, -0.15) is 0 Å². The molecule has 3 aliphatic rings. The molecule has 1 N–H and O–H groups in total. The Kier molecular flexibility index (Phi) is 5.35. The van der Waals surface area contributed by atoms with Crippen molar-refractivity contribution in [3.05, 3.63) is 36.0 Å². The second-order valence-electron chi connectivity index (χ2n) is 9.42. The zero-order chi connectivity index (χ0) is 19.8. The van der Waals surface area contributed by atoms with Gasteiger partial charge in [0.15, 0.2) is 0 Å². The van der Waals surface area contributed by atoms with Gasteiger partial charge in [-0.05, 0) is 50.8 Å². The van der Waals surface area contributed by atoms with Crippen LogP contribution in [0.4, 0.5) is 0 Å². The number of carbonyl (C=O) groups is 1. The first-order chi connectivity index (χ1) is 14.2. The molecule has 3 fully saturated rings. The Morgan fingerprint density at radius 2 is 1.93 bits per heavy atom. The Morgan fingerprint density at radius 1 is 1.10 bits per heavy atom. The summed E-state index contributed by atoms with van der Waals surface area (Å²) in [5.74, 6) is 0.150. The molecule has 5 rings (SSSR count). The molecule has 29 heavy (non-hydrogen) atoms. The van der Waals surface area contributed by atoms with E-state index in [0.29, 0.717) is 18.6 Å². The molecule has 2 saturated heterocycles. The van der Waals surface area contributed by atoms with Crippen LogP contribution < -0.4 is 5.32 Å². The molecule has 5 heteroatoms. The molecule has 1 aliphatic carbocycles. The van der Waals surface area contributed by atoms with E-state index in [9.17, 15) is 4.79 Å². The average Bonchev–Trinajstić information content (AvgIpc) is 3.44. The smallest absolute Gasteiger partial charge is 0.240 e. The summed E-state index contributed by atoms with van der Waals surface area (Å²) in [7, 11) is 0. The van der Waals surface area contributed by atoms with Gasteiger partial charge in [0.2, 0.25) is 5.91 Å². The first-order valence-corrected chi connectivity index (χ1v) is 11.5. The van der Waals surface area contributed by atoms with E-state index in [1.165, 1.54) is 61.8 Å². The summed E-state index contributed by atoms with van der Waals surface area (Å²) in [6.07, 6.45) is 9.67. The Hall–Kier alpha value is -1.85. The van der Waals surface area contributed by atoms with Crippen LogP contribution in [0.15, 0.2) is 30.5 Å².